The lowest BCUT2D eigenvalue weighted by molar-refractivity contribution is -0.117. The van der Waals surface area contributed by atoms with Crippen LogP contribution in [0.25, 0.3) is 16.9 Å². The predicted octanol–water partition coefficient (Wildman–Crippen LogP) is 2.89. The van der Waals surface area contributed by atoms with Gasteiger partial charge in [0, 0.05) is 17.5 Å². The van der Waals surface area contributed by atoms with E-state index in [0.717, 1.165) is 12.8 Å². The molecule has 122 valence electrons. The molecule has 2 aromatic heterocycles. The van der Waals surface area contributed by atoms with Gasteiger partial charge in [-0.15, -0.1) is 5.10 Å². The second-order valence-corrected chi connectivity index (χ2v) is 5.76. The van der Waals surface area contributed by atoms with E-state index in [1.165, 1.54) is 6.07 Å². The molecule has 0 spiro atoms. The number of imidazole rings is 1. The van der Waals surface area contributed by atoms with Gasteiger partial charge in [-0.05, 0) is 37.1 Å². The van der Waals surface area contributed by atoms with Gasteiger partial charge in [0.2, 0.25) is 11.8 Å². The smallest absolute Gasteiger partial charge is 0.231 e. The fourth-order valence-corrected chi connectivity index (χ4v) is 2.47. The van der Waals surface area contributed by atoms with Crippen LogP contribution in [0.5, 0.6) is 5.88 Å². The Morgan fingerprint density at radius 1 is 1.33 bits per heavy atom. The second-order valence-electron chi connectivity index (χ2n) is 5.76. The highest BCUT2D eigenvalue weighted by atomic mass is 19.1. The van der Waals surface area contributed by atoms with E-state index in [4.69, 9.17) is 4.74 Å². The minimum Gasteiger partial charge on any atom is -0.480 e. The van der Waals surface area contributed by atoms with E-state index >= 15 is 0 Å². The SMILES string of the molecule is COc1ccc2nc(-c3ccc(F)c(NC(=O)C4CC4)c3)cn2n1. The minimum atomic E-state index is -0.462. The molecule has 1 N–H and O–H groups in total. The number of anilines is 1. The zero-order valence-electron chi connectivity index (χ0n) is 13.0. The van der Waals surface area contributed by atoms with Crippen molar-refractivity contribution in [2.75, 3.05) is 12.4 Å². The van der Waals surface area contributed by atoms with Gasteiger partial charge in [-0.25, -0.2) is 13.9 Å². The molecule has 0 atom stereocenters. The van der Waals surface area contributed by atoms with Gasteiger partial charge in [-0.1, -0.05) is 0 Å². The maximum absolute atomic E-state index is 14.0. The standard InChI is InChI=1S/C17H15FN4O2/c1-24-16-7-6-15-19-14(9-22(15)21-16)11-4-5-12(18)13(8-11)20-17(23)10-2-3-10/h4-10H,2-3H2,1H3,(H,20,23). The van der Waals surface area contributed by atoms with Gasteiger partial charge in [0.15, 0.2) is 5.65 Å². The van der Waals surface area contributed by atoms with Crippen molar-refractivity contribution < 1.29 is 13.9 Å². The normalized spacial score (nSPS) is 13.9. The van der Waals surface area contributed by atoms with Gasteiger partial charge in [0.1, 0.15) is 5.82 Å². The lowest BCUT2D eigenvalue weighted by Gasteiger charge is -2.07. The van der Waals surface area contributed by atoms with Gasteiger partial charge in [0.25, 0.3) is 0 Å². The maximum atomic E-state index is 14.0. The van der Waals surface area contributed by atoms with E-state index < -0.39 is 5.82 Å². The molecule has 1 amide bonds. The van der Waals surface area contributed by atoms with Crippen LogP contribution in [0.2, 0.25) is 0 Å². The predicted molar refractivity (Wildman–Crippen MR) is 86.3 cm³/mol. The molecule has 1 saturated carbocycles. The van der Waals surface area contributed by atoms with Crippen molar-refractivity contribution in [2.45, 2.75) is 12.8 Å². The molecule has 2 heterocycles. The topological polar surface area (TPSA) is 68.5 Å². The number of carbonyl (C=O) groups excluding carboxylic acids is 1. The Morgan fingerprint density at radius 3 is 2.92 bits per heavy atom. The first-order chi connectivity index (χ1) is 11.6. The quantitative estimate of drug-likeness (QED) is 0.800. The summed E-state index contributed by atoms with van der Waals surface area (Å²) < 4.78 is 20.6. The molecule has 1 aliphatic rings. The number of methoxy groups -OCH3 is 1. The zero-order valence-corrected chi connectivity index (χ0v) is 13.0. The third kappa shape index (κ3) is 2.68. The first-order valence-electron chi connectivity index (χ1n) is 7.65. The molecule has 7 heteroatoms. The molecule has 0 saturated heterocycles. The number of amides is 1. The number of carbonyl (C=O) groups is 1. The number of benzene rings is 1. The average molecular weight is 326 g/mol. The van der Waals surface area contributed by atoms with Crippen LogP contribution in [0.1, 0.15) is 12.8 Å². The van der Waals surface area contributed by atoms with Crippen molar-refractivity contribution >= 4 is 17.2 Å². The van der Waals surface area contributed by atoms with Crippen molar-refractivity contribution in [3.05, 3.63) is 42.3 Å². The lowest BCUT2D eigenvalue weighted by Crippen LogP contribution is -2.14. The van der Waals surface area contributed by atoms with E-state index in [2.05, 4.69) is 15.4 Å². The Balaban J connectivity index is 1.69. The molecule has 0 unspecified atom stereocenters. The Morgan fingerprint density at radius 2 is 2.17 bits per heavy atom. The van der Waals surface area contributed by atoms with Crippen molar-refractivity contribution in [2.24, 2.45) is 5.92 Å². The number of halogens is 1. The summed E-state index contributed by atoms with van der Waals surface area (Å²) in [6.45, 7) is 0. The van der Waals surface area contributed by atoms with Crippen molar-refractivity contribution in [3.8, 4) is 17.1 Å². The van der Waals surface area contributed by atoms with Crippen LogP contribution in [0, 0.1) is 11.7 Å². The summed E-state index contributed by atoms with van der Waals surface area (Å²) >= 11 is 0. The molecular weight excluding hydrogens is 311 g/mol. The van der Waals surface area contributed by atoms with Crippen LogP contribution in [0.3, 0.4) is 0 Å². The summed E-state index contributed by atoms with van der Waals surface area (Å²) in [6.07, 6.45) is 3.47. The van der Waals surface area contributed by atoms with Crippen LogP contribution >= 0.6 is 0 Å². The number of rotatable bonds is 4. The molecule has 1 aromatic carbocycles. The van der Waals surface area contributed by atoms with Gasteiger partial charge in [-0.2, -0.15) is 0 Å². The summed E-state index contributed by atoms with van der Waals surface area (Å²) in [5.41, 5.74) is 2.16. The molecule has 1 aliphatic carbocycles. The fraction of sp³-hybridized carbons (Fsp3) is 0.235. The van der Waals surface area contributed by atoms with Gasteiger partial charge in [0.05, 0.1) is 24.7 Å². The summed E-state index contributed by atoms with van der Waals surface area (Å²) in [6, 6.07) is 8.05. The van der Waals surface area contributed by atoms with Crippen LogP contribution in [-0.2, 0) is 4.79 Å². The van der Waals surface area contributed by atoms with Gasteiger partial charge < -0.3 is 10.1 Å². The fourth-order valence-electron chi connectivity index (χ4n) is 2.47. The monoisotopic (exact) mass is 326 g/mol. The Hall–Kier alpha value is -2.96. The highest BCUT2D eigenvalue weighted by Crippen LogP contribution is 2.31. The molecule has 0 aliphatic heterocycles. The first-order valence-corrected chi connectivity index (χ1v) is 7.65. The van der Waals surface area contributed by atoms with Crippen molar-refractivity contribution in [3.63, 3.8) is 0 Å². The molecule has 6 nitrogen and oxygen atoms in total. The minimum absolute atomic E-state index is 0.0138. The average Bonchev–Trinajstić information content (AvgIpc) is 3.35. The molecule has 24 heavy (non-hydrogen) atoms. The van der Waals surface area contributed by atoms with E-state index in [9.17, 15) is 9.18 Å². The van der Waals surface area contributed by atoms with Crippen molar-refractivity contribution in [1.29, 1.82) is 0 Å². The van der Waals surface area contributed by atoms with Crippen LogP contribution < -0.4 is 10.1 Å². The van der Waals surface area contributed by atoms with E-state index in [1.807, 2.05) is 0 Å². The highest BCUT2D eigenvalue weighted by Gasteiger charge is 2.30. The zero-order chi connectivity index (χ0) is 16.7. The van der Waals surface area contributed by atoms with Crippen LogP contribution in [0.4, 0.5) is 10.1 Å². The second kappa shape index (κ2) is 5.59. The summed E-state index contributed by atoms with van der Waals surface area (Å²) in [5, 5.41) is 6.90. The van der Waals surface area contributed by atoms with Crippen LogP contribution in [0.15, 0.2) is 36.5 Å². The first kappa shape index (κ1) is 14.6. The highest BCUT2D eigenvalue weighted by molar-refractivity contribution is 5.94. The van der Waals surface area contributed by atoms with E-state index in [1.54, 1.807) is 42.1 Å². The number of ether oxygens (including phenoxy) is 1. The van der Waals surface area contributed by atoms with E-state index in [0.29, 0.717) is 22.8 Å². The number of fused-ring (bicyclic) bond motifs is 1. The number of hydrogen-bond donors (Lipinski definition) is 1. The van der Waals surface area contributed by atoms with Crippen molar-refractivity contribution in [1.82, 2.24) is 14.6 Å². The molecule has 1 fully saturated rings. The van der Waals surface area contributed by atoms with Gasteiger partial charge in [-0.3, -0.25) is 4.79 Å². The Kier molecular flexibility index (Phi) is 3.41. The summed E-state index contributed by atoms with van der Waals surface area (Å²) in [7, 11) is 1.54. The number of hydrogen-bond acceptors (Lipinski definition) is 4. The third-order valence-electron chi connectivity index (χ3n) is 3.97. The largest absolute Gasteiger partial charge is 0.480 e. The number of aromatic nitrogens is 3. The molecule has 0 radical (unpaired) electrons. The number of nitrogens with one attached hydrogen (secondary N) is 1. The summed E-state index contributed by atoms with van der Waals surface area (Å²) in [5.74, 6) is -0.105. The summed E-state index contributed by atoms with van der Waals surface area (Å²) in [4.78, 5) is 16.3. The lowest BCUT2D eigenvalue weighted by atomic mass is 10.1. The Bertz CT molecular complexity index is 933. The Labute approximate surface area is 137 Å². The maximum Gasteiger partial charge on any atom is 0.231 e. The number of nitrogens with zero attached hydrogens (tertiary/aromatic N) is 3. The molecule has 4 rings (SSSR count). The molecule has 0 bridgehead atoms. The van der Waals surface area contributed by atoms with Gasteiger partial charge >= 0.3 is 0 Å². The van der Waals surface area contributed by atoms with E-state index in [-0.39, 0.29) is 17.5 Å². The third-order valence-corrected chi connectivity index (χ3v) is 3.97. The molecule has 3 aromatic rings. The van der Waals surface area contributed by atoms with Crippen LogP contribution in [-0.4, -0.2) is 27.6 Å². The molecular formula is C17H15FN4O2.